The fourth-order valence-corrected chi connectivity index (χ4v) is 2.31. The Labute approximate surface area is 108 Å². The highest BCUT2D eigenvalue weighted by Crippen LogP contribution is 2.17. The number of aryl methyl sites for hydroxylation is 1. The van der Waals surface area contributed by atoms with Crippen LogP contribution < -0.4 is 10.6 Å². The maximum atomic E-state index is 5.15. The van der Waals surface area contributed by atoms with Gasteiger partial charge in [0.15, 0.2) is 11.7 Å². The molecule has 1 fully saturated rings. The number of hydrogen-bond donors (Lipinski definition) is 2. The number of guanidine groups is 1. The van der Waals surface area contributed by atoms with Crippen LogP contribution in [0.2, 0.25) is 0 Å². The number of aromatic nitrogens is 1. The van der Waals surface area contributed by atoms with Crippen molar-refractivity contribution in [2.75, 3.05) is 7.05 Å². The zero-order chi connectivity index (χ0) is 12.8. The first-order valence-electron chi connectivity index (χ1n) is 6.67. The van der Waals surface area contributed by atoms with E-state index in [2.05, 4.69) is 20.8 Å². The Hall–Kier alpha value is -1.52. The van der Waals surface area contributed by atoms with Crippen molar-refractivity contribution in [3.63, 3.8) is 0 Å². The summed E-state index contributed by atoms with van der Waals surface area (Å²) in [7, 11) is 1.80. The minimum absolute atomic E-state index is 0.557. The van der Waals surface area contributed by atoms with Gasteiger partial charge in [-0.3, -0.25) is 4.99 Å². The van der Waals surface area contributed by atoms with Crippen molar-refractivity contribution < 1.29 is 4.52 Å². The van der Waals surface area contributed by atoms with Gasteiger partial charge in [0.05, 0.1) is 12.2 Å². The Morgan fingerprint density at radius 2 is 2.22 bits per heavy atom. The minimum Gasteiger partial charge on any atom is -0.359 e. The molecule has 1 aromatic rings. The molecular weight excluding hydrogens is 228 g/mol. The molecule has 0 saturated heterocycles. The first-order valence-corrected chi connectivity index (χ1v) is 6.67. The van der Waals surface area contributed by atoms with E-state index in [-0.39, 0.29) is 0 Å². The largest absolute Gasteiger partial charge is 0.359 e. The van der Waals surface area contributed by atoms with Crippen molar-refractivity contribution in [1.82, 2.24) is 15.8 Å². The van der Waals surface area contributed by atoms with Gasteiger partial charge in [-0.05, 0) is 19.8 Å². The quantitative estimate of drug-likeness (QED) is 0.636. The number of rotatable bonds is 3. The second kappa shape index (κ2) is 6.42. The van der Waals surface area contributed by atoms with Crippen LogP contribution in [0.1, 0.15) is 43.6 Å². The summed E-state index contributed by atoms with van der Waals surface area (Å²) in [6.45, 7) is 2.54. The van der Waals surface area contributed by atoms with Crippen molar-refractivity contribution in [2.24, 2.45) is 4.99 Å². The fraction of sp³-hybridized carbons (Fsp3) is 0.692. The summed E-state index contributed by atoms with van der Waals surface area (Å²) in [5.41, 5.74) is 0.905. The lowest BCUT2D eigenvalue weighted by molar-refractivity contribution is 0.374. The molecule has 0 aliphatic heterocycles. The fourth-order valence-electron chi connectivity index (χ4n) is 2.31. The summed E-state index contributed by atoms with van der Waals surface area (Å²) in [6, 6.07) is 2.49. The van der Waals surface area contributed by atoms with Gasteiger partial charge in [0.1, 0.15) is 0 Å². The van der Waals surface area contributed by atoms with Crippen molar-refractivity contribution >= 4 is 5.96 Å². The molecule has 5 heteroatoms. The lowest BCUT2D eigenvalue weighted by Crippen LogP contribution is -2.43. The Balaban J connectivity index is 1.78. The number of hydrogen-bond acceptors (Lipinski definition) is 3. The Morgan fingerprint density at radius 3 is 2.83 bits per heavy atom. The number of nitrogens with one attached hydrogen (secondary N) is 2. The van der Waals surface area contributed by atoms with E-state index in [1.165, 1.54) is 32.1 Å². The first-order chi connectivity index (χ1) is 8.78. The smallest absolute Gasteiger partial charge is 0.191 e. The van der Waals surface area contributed by atoms with Crippen molar-refractivity contribution in [3.8, 4) is 0 Å². The van der Waals surface area contributed by atoms with Gasteiger partial charge in [-0.15, -0.1) is 0 Å². The van der Waals surface area contributed by atoms with E-state index < -0.39 is 0 Å². The summed E-state index contributed by atoms with van der Waals surface area (Å²) >= 11 is 0. The summed E-state index contributed by atoms with van der Waals surface area (Å²) in [4.78, 5) is 4.24. The van der Waals surface area contributed by atoms with Crippen molar-refractivity contribution in [2.45, 2.75) is 51.6 Å². The Kier molecular flexibility index (Phi) is 4.61. The third-order valence-corrected chi connectivity index (χ3v) is 3.28. The second-order valence-corrected chi connectivity index (χ2v) is 4.84. The van der Waals surface area contributed by atoms with Gasteiger partial charge in [-0.1, -0.05) is 24.4 Å². The van der Waals surface area contributed by atoms with Gasteiger partial charge in [-0.25, -0.2) is 0 Å². The Morgan fingerprint density at radius 1 is 1.44 bits per heavy atom. The van der Waals surface area contributed by atoms with Crippen LogP contribution in [0.15, 0.2) is 15.6 Å². The van der Waals surface area contributed by atoms with E-state index in [0.29, 0.717) is 12.6 Å². The lowest BCUT2D eigenvalue weighted by Gasteiger charge is -2.24. The average Bonchev–Trinajstić information content (AvgIpc) is 2.81. The third kappa shape index (κ3) is 3.75. The molecule has 0 unspecified atom stereocenters. The molecule has 0 aromatic carbocycles. The van der Waals surface area contributed by atoms with E-state index in [0.717, 1.165) is 17.4 Å². The van der Waals surface area contributed by atoms with Crippen LogP contribution in [0.25, 0.3) is 0 Å². The zero-order valence-electron chi connectivity index (χ0n) is 11.2. The van der Waals surface area contributed by atoms with Crippen LogP contribution in [-0.2, 0) is 6.54 Å². The van der Waals surface area contributed by atoms with Crippen molar-refractivity contribution in [1.29, 1.82) is 0 Å². The molecule has 0 radical (unpaired) electrons. The average molecular weight is 250 g/mol. The van der Waals surface area contributed by atoms with E-state index in [1.807, 2.05) is 13.0 Å². The van der Waals surface area contributed by atoms with Gasteiger partial charge in [0.2, 0.25) is 0 Å². The molecule has 0 amide bonds. The summed E-state index contributed by atoms with van der Waals surface area (Å²) in [5.74, 6) is 1.68. The molecule has 1 aliphatic rings. The van der Waals surface area contributed by atoms with Gasteiger partial charge in [0, 0.05) is 19.2 Å². The van der Waals surface area contributed by atoms with Crippen LogP contribution in [-0.4, -0.2) is 24.2 Å². The highest BCUT2D eigenvalue weighted by Gasteiger charge is 2.14. The molecule has 2 rings (SSSR count). The maximum Gasteiger partial charge on any atom is 0.191 e. The highest BCUT2D eigenvalue weighted by molar-refractivity contribution is 5.79. The SMILES string of the molecule is CN=C(NCc1cc(C)no1)NC1CCCCC1. The third-order valence-electron chi connectivity index (χ3n) is 3.28. The summed E-state index contributed by atoms with van der Waals surface area (Å²) in [5, 5.41) is 10.6. The van der Waals surface area contributed by atoms with Gasteiger partial charge in [-0.2, -0.15) is 0 Å². The number of nitrogens with zero attached hydrogens (tertiary/aromatic N) is 2. The predicted molar refractivity (Wildman–Crippen MR) is 71.4 cm³/mol. The topological polar surface area (TPSA) is 62.5 Å². The second-order valence-electron chi connectivity index (χ2n) is 4.84. The molecule has 2 N–H and O–H groups in total. The van der Waals surface area contributed by atoms with E-state index >= 15 is 0 Å². The normalized spacial score (nSPS) is 17.8. The standard InChI is InChI=1S/C13H22N4O/c1-10-8-12(18-17-10)9-15-13(14-2)16-11-6-4-3-5-7-11/h8,11H,3-7,9H2,1-2H3,(H2,14,15,16). The van der Waals surface area contributed by atoms with Crippen molar-refractivity contribution in [3.05, 3.63) is 17.5 Å². The molecule has 0 atom stereocenters. The van der Waals surface area contributed by atoms with Gasteiger partial charge < -0.3 is 15.2 Å². The predicted octanol–water partition coefficient (Wildman–Crippen LogP) is 1.98. The van der Waals surface area contributed by atoms with Gasteiger partial charge in [0.25, 0.3) is 0 Å². The minimum atomic E-state index is 0.557. The molecule has 1 saturated carbocycles. The highest BCUT2D eigenvalue weighted by atomic mass is 16.5. The van der Waals surface area contributed by atoms with Crippen LogP contribution in [0.4, 0.5) is 0 Å². The molecule has 1 aliphatic carbocycles. The monoisotopic (exact) mass is 250 g/mol. The molecule has 18 heavy (non-hydrogen) atoms. The summed E-state index contributed by atoms with van der Waals surface area (Å²) < 4.78 is 5.15. The van der Waals surface area contributed by atoms with E-state index in [1.54, 1.807) is 7.05 Å². The zero-order valence-corrected chi connectivity index (χ0v) is 11.2. The van der Waals surface area contributed by atoms with Gasteiger partial charge >= 0.3 is 0 Å². The molecule has 0 bridgehead atoms. The molecule has 1 heterocycles. The first kappa shape index (κ1) is 12.9. The van der Waals surface area contributed by atoms with Crippen LogP contribution in [0, 0.1) is 6.92 Å². The van der Waals surface area contributed by atoms with E-state index in [9.17, 15) is 0 Å². The lowest BCUT2D eigenvalue weighted by atomic mass is 9.96. The van der Waals surface area contributed by atoms with E-state index in [4.69, 9.17) is 4.52 Å². The molecule has 100 valence electrons. The van der Waals surface area contributed by atoms with Crippen LogP contribution >= 0.6 is 0 Å². The molecule has 5 nitrogen and oxygen atoms in total. The maximum absolute atomic E-state index is 5.15. The van der Waals surface area contributed by atoms with Crippen LogP contribution in [0.5, 0.6) is 0 Å². The van der Waals surface area contributed by atoms with Crippen LogP contribution in [0.3, 0.4) is 0 Å². The number of aliphatic imine (C=N–C) groups is 1. The molecular formula is C13H22N4O. The molecule has 1 aromatic heterocycles. The molecule has 0 spiro atoms. The Bertz CT molecular complexity index is 393. The summed E-state index contributed by atoms with van der Waals surface area (Å²) in [6.07, 6.45) is 6.47.